The average molecular weight is 437 g/mol. The van der Waals surface area contributed by atoms with E-state index in [9.17, 15) is 10.1 Å². The molecular formula is C25H19N5O3. The number of non-ortho nitro benzene ring substituents is 1. The van der Waals surface area contributed by atoms with Crippen LogP contribution >= 0.6 is 0 Å². The molecule has 0 saturated heterocycles. The van der Waals surface area contributed by atoms with Gasteiger partial charge in [-0.3, -0.25) is 10.1 Å². The fraction of sp³-hybridized carbons (Fsp3) is 0.0400. The van der Waals surface area contributed by atoms with Crippen LogP contribution in [0.4, 0.5) is 11.6 Å². The summed E-state index contributed by atoms with van der Waals surface area (Å²) < 4.78 is 7.24. The molecule has 162 valence electrons. The first-order chi connectivity index (χ1) is 16.0. The Bertz CT molecular complexity index is 1490. The number of methoxy groups -OCH3 is 1. The molecule has 0 radical (unpaired) electrons. The Morgan fingerprint density at radius 3 is 2.45 bits per heavy atom. The minimum Gasteiger partial charge on any atom is -0.497 e. The highest BCUT2D eigenvalue weighted by Gasteiger charge is 2.15. The first-order valence-electron chi connectivity index (χ1n) is 10.2. The minimum atomic E-state index is -0.393. The van der Waals surface area contributed by atoms with Crippen LogP contribution in [0.3, 0.4) is 0 Å². The highest BCUT2D eigenvalue weighted by Crippen LogP contribution is 2.36. The maximum atomic E-state index is 11.2. The first-order valence-corrected chi connectivity index (χ1v) is 10.2. The predicted octanol–water partition coefficient (Wildman–Crippen LogP) is 5.25. The molecule has 5 rings (SSSR count). The van der Waals surface area contributed by atoms with E-state index < -0.39 is 4.92 Å². The number of fused-ring (bicyclic) bond motifs is 1. The smallest absolute Gasteiger partial charge is 0.270 e. The molecule has 0 amide bonds. The third kappa shape index (κ3) is 3.74. The molecule has 0 atom stereocenters. The van der Waals surface area contributed by atoms with Gasteiger partial charge in [0.2, 0.25) is 5.95 Å². The van der Waals surface area contributed by atoms with Gasteiger partial charge in [0, 0.05) is 35.5 Å². The SMILES string of the molecule is COc1ccc(-c2cn(-c3ccnc(N)n3)c3cc(-c4cccc([N+](=O)[O-])c4)ccc23)cc1. The second-order valence-corrected chi connectivity index (χ2v) is 7.45. The standard InChI is InChI=1S/C25H19N5O3/c1-33-20-8-5-16(6-9-20)22-15-29(24-11-12-27-25(26)28-24)23-14-18(7-10-21(22)23)17-3-2-4-19(13-17)30(31)32/h2-15H,1H3,(H2,26,27,28). The van der Waals surface area contributed by atoms with E-state index in [0.717, 1.165) is 38.9 Å². The number of nitro benzene ring substituents is 1. The highest BCUT2D eigenvalue weighted by molar-refractivity contribution is 5.99. The van der Waals surface area contributed by atoms with E-state index in [0.29, 0.717) is 5.82 Å². The van der Waals surface area contributed by atoms with E-state index in [1.807, 2.05) is 59.3 Å². The molecule has 0 saturated carbocycles. The van der Waals surface area contributed by atoms with Crippen LogP contribution < -0.4 is 10.5 Å². The second kappa shape index (κ2) is 8.08. The van der Waals surface area contributed by atoms with Gasteiger partial charge in [0.05, 0.1) is 17.5 Å². The van der Waals surface area contributed by atoms with Gasteiger partial charge in [-0.2, -0.15) is 4.98 Å². The molecule has 8 heteroatoms. The monoisotopic (exact) mass is 437 g/mol. The lowest BCUT2D eigenvalue weighted by molar-refractivity contribution is -0.384. The zero-order valence-electron chi connectivity index (χ0n) is 17.7. The van der Waals surface area contributed by atoms with Gasteiger partial charge in [-0.25, -0.2) is 4.98 Å². The molecule has 33 heavy (non-hydrogen) atoms. The zero-order valence-corrected chi connectivity index (χ0v) is 17.7. The molecule has 0 bridgehead atoms. The van der Waals surface area contributed by atoms with Crippen molar-refractivity contribution in [2.45, 2.75) is 0 Å². The number of rotatable bonds is 5. The number of benzene rings is 3. The van der Waals surface area contributed by atoms with E-state index >= 15 is 0 Å². The molecule has 8 nitrogen and oxygen atoms in total. The van der Waals surface area contributed by atoms with Crippen LogP contribution in [0.15, 0.2) is 85.2 Å². The quantitative estimate of drug-likeness (QED) is 0.297. The maximum absolute atomic E-state index is 11.2. The fourth-order valence-corrected chi connectivity index (χ4v) is 3.89. The normalized spacial score (nSPS) is 10.9. The van der Waals surface area contributed by atoms with Gasteiger partial charge in [0.1, 0.15) is 11.6 Å². The average Bonchev–Trinajstić information content (AvgIpc) is 3.23. The zero-order chi connectivity index (χ0) is 22.9. The third-order valence-corrected chi connectivity index (χ3v) is 5.50. The Hall–Kier alpha value is -4.72. The van der Waals surface area contributed by atoms with Crippen molar-refractivity contribution in [1.29, 1.82) is 0 Å². The van der Waals surface area contributed by atoms with Crippen molar-refractivity contribution < 1.29 is 9.66 Å². The summed E-state index contributed by atoms with van der Waals surface area (Å²) in [5, 5.41) is 12.2. The molecule has 5 aromatic rings. The molecule has 2 heterocycles. The van der Waals surface area contributed by atoms with Gasteiger partial charge >= 0.3 is 0 Å². The van der Waals surface area contributed by atoms with Crippen molar-refractivity contribution in [3.63, 3.8) is 0 Å². The van der Waals surface area contributed by atoms with Gasteiger partial charge in [0.15, 0.2) is 0 Å². The van der Waals surface area contributed by atoms with Gasteiger partial charge in [-0.1, -0.05) is 36.4 Å². The summed E-state index contributed by atoms with van der Waals surface area (Å²) in [6.45, 7) is 0. The predicted molar refractivity (Wildman–Crippen MR) is 127 cm³/mol. The lowest BCUT2D eigenvalue weighted by Gasteiger charge is -2.07. The van der Waals surface area contributed by atoms with E-state index in [1.165, 1.54) is 6.07 Å². The van der Waals surface area contributed by atoms with E-state index in [-0.39, 0.29) is 11.6 Å². The summed E-state index contributed by atoms with van der Waals surface area (Å²) in [7, 11) is 1.63. The number of hydrogen-bond acceptors (Lipinski definition) is 6. The number of nitrogen functional groups attached to an aromatic ring is 1. The molecule has 3 aromatic carbocycles. The highest BCUT2D eigenvalue weighted by atomic mass is 16.6. The molecule has 0 aliphatic rings. The van der Waals surface area contributed by atoms with E-state index in [4.69, 9.17) is 10.5 Å². The summed E-state index contributed by atoms with van der Waals surface area (Å²) in [4.78, 5) is 19.2. The van der Waals surface area contributed by atoms with Crippen LogP contribution in [-0.2, 0) is 0 Å². The molecular weight excluding hydrogens is 418 g/mol. The van der Waals surface area contributed by atoms with Crippen LogP contribution in [0.25, 0.3) is 39.0 Å². The summed E-state index contributed by atoms with van der Waals surface area (Å²) >= 11 is 0. The van der Waals surface area contributed by atoms with Crippen molar-refractivity contribution in [2.75, 3.05) is 12.8 Å². The number of hydrogen-bond donors (Lipinski definition) is 1. The van der Waals surface area contributed by atoms with Crippen molar-refractivity contribution in [3.05, 3.63) is 95.3 Å². The number of anilines is 1. The van der Waals surface area contributed by atoms with Crippen molar-refractivity contribution >= 4 is 22.5 Å². The first kappa shape index (κ1) is 20.2. The Morgan fingerprint density at radius 1 is 0.970 bits per heavy atom. The number of nitrogens with zero attached hydrogens (tertiary/aromatic N) is 4. The Kier molecular flexibility index (Phi) is 4.95. The van der Waals surface area contributed by atoms with Crippen LogP contribution in [0.2, 0.25) is 0 Å². The lowest BCUT2D eigenvalue weighted by Crippen LogP contribution is -2.01. The Morgan fingerprint density at radius 2 is 1.73 bits per heavy atom. The van der Waals surface area contributed by atoms with E-state index in [1.54, 1.807) is 31.5 Å². The summed E-state index contributed by atoms with van der Waals surface area (Å²) in [5.41, 5.74) is 10.4. The van der Waals surface area contributed by atoms with Crippen LogP contribution in [0, 0.1) is 10.1 Å². The largest absolute Gasteiger partial charge is 0.497 e. The molecule has 0 unspecified atom stereocenters. The van der Waals surface area contributed by atoms with Crippen molar-refractivity contribution in [2.24, 2.45) is 0 Å². The molecule has 0 spiro atoms. The molecule has 0 fully saturated rings. The summed E-state index contributed by atoms with van der Waals surface area (Å²) in [5.74, 6) is 1.58. The molecule has 0 aliphatic carbocycles. The lowest BCUT2D eigenvalue weighted by atomic mass is 10.0. The Labute approximate surface area is 189 Å². The van der Waals surface area contributed by atoms with Gasteiger partial charge in [0.25, 0.3) is 5.69 Å². The fourth-order valence-electron chi connectivity index (χ4n) is 3.89. The van der Waals surface area contributed by atoms with Crippen LogP contribution in [0.5, 0.6) is 5.75 Å². The third-order valence-electron chi connectivity index (χ3n) is 5.50. The topological polar surface area (TPSA) is 109 Å². The number of nitrogens with two attached hydrogens (primary N) is 1. The maximum Gasteiger partial charge on any atom is 0.270 e. The second-order valence-electron chi connectivity index (χ2n) is 7.45. The molecule has 0 aliphatic heterocycles. The van der Waals surface area contributed by atoms with Gasteiger partial charge in [-0.15, -0.1) is 0 Å². The summed E-state index contributed by atoms with van der Waals surface area (Å²) in [6.07, 6.45) is 3.62. The summed E-state index contributed by atoms with van der Waals surface area (Å²) in [6, 6.07) is 22.2. The van der Waals surface area contributed by atoms with Crippen LogP contribution in [-0.4, -0.2) is 26.6 Å². The van der Waals surface area contributed by atoms with Gasteiger partial charge in [-0.05, 0) is 41.0 Å². The minimum absolute atomic E-state index is 0.0467. The Balaban J connectivity index is 1.73. The van der Waals surface area contributed by atoms with E-state index in [2.05, 4.69) is 9.97 Å². The van der Waals surface area contributed by atoms with Crippen molar-refractivity contribution in [3.8, 4) is 33.8 Å². The van der Waals surface area contributed by atoms with Crippen LogP contribution in [0.1, 0.15) is 0 Å². The molecule has 2 aromatic heterocycles. The number of aromatic nitrogens is 3. The number of nitro groups is 1. The van der Waals surface area contributed by atoms with Gasteiger partial charge < -0.3 is 15.0 Å². The number of ether oxygens (including phenoxy) is 1. The van der Waals surface area contributed by atoms with Crippen molar-refractivity contribution in [1.82, 2.24) is 14.5 Å². The molecule has 2 N–H and O–H groups in total.